The van der Waals surface area contributed by atoms with Crippen molar-refractivity contribution in [2.75, 3.05) is 6.61 Å². The fraction of sp³-hybridized carbons (Fsp3) is 0.571. The quantitative estimate of drug-likeness (QED) is 0.583. The topological polar surface area (TPSA) is 30.5 Å². The van der Waals surface area contributed by atoms with E-state index in [9.17, 15) is 0 Å². The highest BCUT2D eigenvalue weighted by Crippen LogP contribution is 2.18. The van der Waals surface area contributed by atoms with Crippen LogP contribution in [0.2, 0.25) is 0 Å². The van der Waals surface area contributed by atoms with Crippen LogP contribution in [0.3, 0.4) is 0 Å². The number of nitrogens with one attached hydrogen (secondary N) is 1. The van der Waals surface area contributed by atoms with Gasteiger partial charge in [-0.1, -0.05) is 32.0 Å². The van der Waals surface area contributed by atoms with E-state index < -0.39 is 0 Å². The fourth-order valence-electron chi connectivity index (χ4n) is 1.37. The molecule has 96 valence electrons. The van der Waals surface area contributed by atoms with Crippen molar-refractivity contribution >= 4 is 0 Å². The molecule has 1 N–H and O–H groups in total. The molecule has 0 bridgehead atoms. The lowest BCUT2D eigenvalue weighted by Crippen LogP contribution is -2.18. The standard InChI is InChI=1S/C14H23NO2/c1-11(2)10-16-15-9-13-7-5-6-8-14(13)17-12(3)4/h5-8,11-12,15H,9-10H2,1-4H3. The smallest absolute Gasteiger partial charge is 0.124 e. The zero-order valence-corrected chi connectivity index (χ0v) is 11.2. The fourth-order valence-corrected chi connectivity index (χ4v) is 1.37. The lowest BCUT2D eigenvalue weighted by Gasteiger charge is -2.14. The molecule has 0 fully saturated rings. The van der Waals surface area contributed by atoms with E-state index in [0.717, 1.165) is 11.3 Å². The Morgan fingerprint density at radius 2 is 1.82 bits per heavy atom. The summed E-state index contributed by atoms with van der Waals surface area (Å²) >= 11 is 0. The van der Waals surface area contributed by atoms with E-state index in [4.69, 9.17) is 9.57 Å². The van der Waals surface area contributed by atoms with Crippen LogP contribution in [0.5, 0.6) is 5.75 Å². The molecule has 1 rings (SSSR count). The van der Waals surface area contributed by atoms with E-state index in [1.165, 1.54) is 0 Å². The minimum atomic E-state index is 0.188. The minimum absolute atomic E-state index is 0.188. The summed E-state index contributed by atoms with van der Waals surface area (Å²) in [5.74, 6) is 1.45. The van der Waals surface area contributed by atoms with Crippen molar-refractivity contribution in [3.63, 3.8) is 0 Å². The van der Waals surface area contributed by atoms with Gasteiger partial charge in [-0.2, -0.15) is 5.48 Å². The summed E-state index contributed by atoms with van der Waals surface area (Å²) in [4.78, 5) is 5.35. The van der Waals surface area contributed by atoms with Gasteiger partial charge in [-0.05, 0) is 25.8 Å². The highest BCUT2D eigenvalue weighted by molar-refractivity contribution is 5.33. The molecule has 0 aliphatic rings. The van der Waals surface area contributed by atoms with Gasteiger partial charge in [-0.15, -0.1) is 0 Å². The molecule has 0 radical (unpaired) electrons. The molecule has 0 saturated carbocycles. The van der Waals surface area contributed by atoms with Crippen LogP contribution in [0.4, 0.5) is 0 Å². The van der Waals surface area contributed by atoms with Gasteiger partial charge in [-0.3, -0.25) is 0 Å². The monoisotopic (exact) mass is 237 g/mol. The average molecular weight is 237 g/mol. The Kier molecular flexibility index (Phi) is 6.01. The van der Waals surface area contributed by atoms with Crippen LogP contribution in [0, 0.1) is 5.92 Å². The maximum Gasteiger partial charge on any atom is 0.124 e. The zero-order valence-electron chi connectivity index (χ0n) is 11.2. The van der Waals surface area contributed by atoms with Gasteiger partial charge >= 0.3 is 0 Å². The Bertz CT molecular complexity index is 324. The van der Waals surface area contributed by atoms with E-state index >= 15 is 0 Å². The summed E-state index contributed by atoms with van der Waals surface area (Å²) in [6.07, 6.45) is 0.188. The number of benzene rings is 1. The van der Waals surface area contributed by atoms with Crippen LogP contribution in [0.1, 0.15) is 33.3 Å². The molecule has 3 nitrogen and oxygen atoms in total. The molecular weight excluding hydrogens is 214 g/mol. The zero-order chi connectivity index (χ0) is 12.7. The van der Waals surface area contributed by atoms with Gasteiger partial charge < -0.3 is 9.57 Å². The lowest BCUT2D eigenvalue weighted by molar-refractivity contribution is 0.0191. The molecule has 0 amide bonds. The van der Waals surface area contributed by atoms with E-state index in [1.807, 2.05) is 38.1 Å². The molecule has 17 heavy (non-hydrogen) atoms. The molecule has 0 aromatic heterocycles. The van der Waals surface area contributed by atoms with Crippen LogP contribution in [-0.2, 0) is 11.4 Å². The van der Waals surface area contributed by atoms with Crippen LogP contribution in [-0.4, -0.2) is 12.7 Å². The second-order valence-electron chi connectivity index (χ2n) is 4.80. The van der Waals surface area contributed by atoms with Crippen LogP contribution in [0.15, 0.2) is 24.3 Å². The first kappa shape index (κ1) is 14.0. The van der Waals surface area contributed by atoms with Gasteiger partial charge in [0.2, 0.25) is 0 Å². The summed E-state index contributed by atoms with van der Waals surface area (Å²) in [6, 6.07) is 8.02. The Morgan fingerprint density at radius 1 is 1.12 bits per heavy atom. The number of rotatable bonds is 7. The molecule has 0 aliphatic carbocycles. The first-order valence-corrected chi connectivity index (χ1v) is 6.18. The number of para-hydroxylation sites is 1. The van der Waals surface area contributed by atoms with Gasteiger partial charge in [-0.25, -0.2) is 0 Å². The Balaban J connectivity index is 2.46. The normalized spacial score (nSPS) is 11.2. The molecule has 0 atom stereocenters. The Morgan fingerprint density at radius 3 is 2.47 bits per heavy atom. The summed E-state index contributed by atoms with van der Waals surface area (Å²) < 4.78 is 5.73. The van der Waals surface area contributed by atoms with E-state index in [2.05, 4.69) is 19.3 Å². The number of hydroxylamine groups is 1. The molecule has 0 unspecified atom stereocenters. The summed E-state index contributed by atoms with van der Waals surface area (Å²) in [5, 5.41) is 0. The van der Waals surface area contributed by atoms with Crippen molar-refractivity contribution in [2.24, 2.45) is 5.92 Å². The summed E-state index contributed by atoms with van der Waals surface area (Å²) in [5.41, 5.74) is 4.08. The van der Waals surface area contributed by atoms with Crippen molar-refractivity contribution in [3.8, 4) is 5.75 Å². The van der Waals surface area contributed by atoms with Gasteiger partial charge in [0.25, 0.3) is 0 Å². The predicted molar refractivity (Wildman–Crippen MR) is 69.8 cm³/mol. The number of hydrogen-bond donors (Lipinski definition) is 1. The minimum Gasteiger partial charge on any atom is -0.491 e. The van der Waals surface area contributed by atoms with Crippen LogP contribution >= 0.6 is 0 Å². The molecule has 0 aliphatic heterocycles. The largest absolute Gasteiger partial charge is 0.491 e. The molecular formula is C14H23NO2. The first-order chi connectivity index (χ1) is 8.09. The average Bonchev–Trinajstić information content (AvgIpc) is 2.25. The molecule has 0 spiro atoms. The molecule has 1 aromatic rings. The van der Waals surface area contributed by atoms with Crippen LogP contribution < -0.4 is 10.2 Å². The molecule has 0 heterocycles. The third kappa shape index (κ3) is 5.71. The highest BCUT2D eigenvalue weighted by atomic mass is 16.6. The van der Waals surface area contributed by atoms with E-state index in [0.29, 0.717) is 19.1 Å². The number of hydrogen-bond acceptors (Lipinski definition) is 3. The van der Waals surface area contributed by atoms with Crippen molar-refractivity contribution in [3.05, 3.63) is 29.8 Å². The second-order valence-corrected chi connectivity index (χ2v) is 4.80. The van der Waals surface area contributed by atoms with Crippen LogP contribution in [0.25, 0.3) is 0 Å². The van der Waals surface area contributed by atoms with Crippen molar-refractivity contribution in [1.82, 2.24) is 5.48 Å². The van der Waals surface area contributed by atoms with Crippen molar-refractivity contribution in [1.29, 1.82) is 0 Å². The molecule has 1 aromatic carbocycles. The lowest BCUT2D eigenvalue weighted by atomic mass is 10.2. The van der Waals surface area contributed by atoms with E-state index in [1.54, 1.807) is 0 Å². The second kappa shape index (κ2) is 7.30. The third-order valence-electron chi connectivity index (χ3n) is 2.12. The van der Waals surface area contributed by atoms with Gasteiger partial charge in [0.1, 0.15) is 5.75 Å². The number of ether oxygens (including phenoxy) is 1. The predicted octanol–water partition coefficient (Wildman–Crippen LogP) is 3.15. The summed E-state index contributed by atoms with van der Waals surface area (Å²) in [6.45, 7) is 9.68. The first-order valence-electron chi connectivity index (χ1n) is 6.18. The molecule has 3 heteroatoms. The third-order valence-corrected chi connectivity index (χ3v) is 2.12. The SMILES string of the molecule is CC(C)CONCc1ccccc1OC(C)C. The Hall–Kier alpha value is -1.06. The maximum absolute atomic E-state index is 5.73. The summed E-state index contributed by atoms with van der Waals surface area (Å²) in [7, 11) is 0. The highest BCUT2D eigenvalue weighted by Gasteiger charge is 2.04. The van der Waals surface area contributed by atoms with Gasteiger partial charge in [0.15, 0.2) is 0 Å². The van der Waals surface area contributed by atoms with Crippen molar-refractivity contribution < 1.29 is 9.57 Å². The van der Waals surface area contributed by atoms with Crippen molar-refractivity contribution in [2.45, 2.75) is 40.3 Å². The Labute approximate surface area is 104 Å². The van der Waals surface area contributed by atoms with Gasteiger partial charge in [0, 0.05) is 12.1 Å². The maximum atomic E-state index is 5.73. The van der Waals surface area contributed by atoms with Gasteiger partial charge in [0.05, 0.1) is 12.7 Å². The van der Waals surface area contributed by atoms with E-state index in [-0.39, 0.29) is 6.10 Å². The molecule has 0 saturated heterocycles.